The average molecular weight is 470 g/mol. The standard InChI is InChI=1S/C24H21F3N4O3/c1-23(2,14-33-22-28-10-3-11-29-22)13-31-15-30-20-9-6-17(12-19(20)21(31)32)16-4-7-18(8-5-16)34-24(25,26)27/h3-12,15H,13-14H2,1-2H3. The summed E-state index contributed by atoms with van der Waals surface area (Å²) in [5.41, 5.74) is 1.18. The summed E-state index contributed by atoms with van der Waals surface area (Å²) in [7, 11) is 0. The van der Waals surface area contributed by atoms with E-state index in [1.807, 2.05) is 13.8 Å². The minimum absolute atomic E-state index is 0.229. The van der Waals surface area contributed by atoms with Crippen LogP contribution < -0.4 is 15.0 Å². The largest absolute Gasteiger partial charge is 0.573 e. The molecule has 4 rings (SSSR count). The highest BCUT2D eigenvalue weighted by atomic mass is 19.4. The Hall–Kier alpha value is -3.95. The Labute approximate surface area is 192 Å². The van der Waals surface area contributed by atoms with E-state index in [4.69, 9.17) is 4.74 Å². The molecule has 0 fully saturated rings. The first-order valence-electron chi connectivity index (χ1n) is 10.3. The van der Waals surface area contributed by atoms with Gasteiger partial charge in [0.15, 0.2) is 0 Å². The third kappa shape index (κ3) is 5.69. The lowest BCUT2D eigenvalue weighted by molar-refractivity contribution is -0.274. The molecule has 7 nitrogen and oxygen atoms in total. The van der Waals surface area contributed by atoms with Crippen molar-refractivity contribution in [2.75, 3.05) is 6.61 Å². The predicted molar refractivity (Wildman–Crippen MR) is 119 cm³/mol. The average Bonchev–Trinajstić information content (AvgIpc) is 2.80. The van der Waals surface area contributed by atoms with E-state index in [1.165, 1.54) is 35.2 Å². The Balaban J connectivity index is 1.56. The van der Waals surface area contributed by atoms with E-state index in [0.29, 0.717) is 28.6 Å². The van der Waals surface area contributed by atoms with Gasteiger partial charge in [-0.25, -0.2) is 15.0 Å². The van der Waals surface area contributed by atoms with Crippen molar-refractivity contribution in [3.8, 4) is 22.9 Å². The van der Waals surface area contributed by atoms with E-state index in [1.54, 1.807) is 36.7 Å². The molecule has 0 aliphatic rings. The number of hydrogen-bond acceptors (Lipinski definition) is 6. The minimum Gasteiger partial charge on any atom is -0.463 e. The highest BCUT2D eigenvalue weighted by Gasteiger charge is 2.31. The van der Waals surface area contributed by atoms with Gasteiger partial charge in [-0.1, -0.05) is 32.0 Å². The lowest BCUT2D eigenvalue weighted by Crippen LogP contribution is -2.33. The van der Waals surface area contributed by atoms with Crippen LogP contribution in [0.1, 0.15) is 13.8 Å². The molecule has 0 N–H and O–H groups in total. The van der Waals surface area contributed by atoms with E-state index in [0.717, 1.165) is 0 Å². The van der Waals surface area contributed by atoms with Crippen LogP contribution in [0.25, 0.3) is 22.0 Å². The van der Waals surface area contributed by atoms with Crippen molar-refractivity contribution in [2.45, 2.75) is 26.8 Å². The molecule has 0 saturated carbocycles. The first-order chi connectivity index (χ1) is 16.1. The van der Waals surface area contributed by atoms with Gasteiger partial charge in [0.25, 0.3) is 5.56 Å². The first-order valence-corrected chi connectivity index (χ1v) is 10.3. The van der Waals surface area contributed by atoms with Gasteiger partial charge >= 0.3 is 12.4 Å². The van der Waals surface area contributed by atoms with Crippen molar-refractivity contribution in [1.82, 2.24) is 19.5 Å². The van der Waals surface area contributed by atoms with Crippen molar-refractivity contribution in [1.29, 1.82) is 0 Å². The molecule has 0 aliphatic carbocycles. The topological polar surface area (TPSA) is 79.1 Å². The van der Waals surface area contributed by atoms with E-state index in [9.17, 15) is 18.0 Å². The Kier molecular flexibility index (Phi) is 6.23. The Morgan fingerprint density at radius 1 is 0.941 bits per heavy atom. The molecular formula is C24H21F3N4O3. The summed E-state index contributed by atoms with van der Waals surface area (Å²) in [6.07, 6.45) is -0.0916. The van der Waals surface area contributed by atoms with Crippen LogP contribution in [0.15, 0.2) is 72.0 Å². The van der Waals surface area contributed by atoms with Gasteiger partial charge in [-0.3, -0.25) is 9.36 Å². The predicted octanol–water partition coefficient (Wildman–Crippen LogP) is 4.86. The fourth-order valence-corrected chi connectivity index (χ4v) is 3.43. The van der Waals surface area contributed by atoms with Crippen LogP contribution in [-0.2, 0) is 6.54 Å². The molecule has 0 aliphatic heterocycles. The fourth-order valence-electron chi connectivity index (χ4n) is 3.43. The molecule has 4 aromatic rings. The molecule has 0 saturated heterocycles. The lowest BCUT2D eigenvalue weighted by atomic mass is 9.94. The first kappa shape index (κ1) is 23.2. The maximum atomic E-state index is 13.2. The van der Waals surface area contributed by atoms with Gasteiger partial charge in [0.2, 0.25) is 0 Å². The van der Waals surface area contributed by atoms with Gasteiger partial charge in [-0.2, -0.15) is 0 Å². The Morgan fingerprint density at radius 3 is 2.29 bits per heavy atom. The van der Waals surface area contributed by atoms with Crippen molar-refractivity contribution >= 4 is 10.9 Å². The zero-order chi connectivity index (χ0) is 24.3. The second kappa shape index (κ2) is 9.12. The molecule has 2 aromatic carbocycles. The molecule has 0 bridgehead atoms. The summed E-state index contributed by atoms with van der Waals surface area (Å²) >= 11 is 0. The number of ether oxygens (including phenoxy) is 2. The third-order valence-corrected chi connectivity index (χ3v) is 4.98. The summed E-state index contributed by atoms with van der Waals surface area (Å²) in [6.45, 7) is 4.53. The van der Waals surface area contributed by atoms with Crippen LogP contribution >= 0.6 is 0 Å². The Morgan fingerprint density at radius 2 is 1.62 bits per heavy atom. The molecule has 0 atom stereocenters. The van der Waals surface area contributed by atoms with Crippen molar-refractivity contribution in [2.24, 2.45) is 5.41 Å². The van der Waals surface area contributed by atoms with Gasteiger partial charge in [-0.15, -0.1) is 13.2 Å². The van der Waals surface area contributed by atoms with Crippen LogP contribution in [0.2, 0.25) is 0 Å². The highest BCUT2D eigenvalue weighted by molar-refractivity contribution is 5.83. The number of hydrogen-bond donors (Lipinski definition) is 0. The number of fused-ring (bicyclic) bond motifs is 1. The summed E-state index contributed by atoms with van der Waals surface area (Å²) in [6, 6.07) is 12.6. The summed E-state index contributed by atoms with van der Waals surface area (Å²) < 4.78 is 48.3. The number of nitrogens with zero attached hydrogens (tertiary/aromatic N) is 4. The smallest absolute Gasteiger partial charge is 0.463 e. The second-order valence-corrected chi connectivity index (χ2v) is 8.47. The molecule has 0 spiro atoms. The highest BCUT2D eigenvalue weighted by Crippen LogP contribution is 2.28. The quantitative estimate of drug-likeness (QED) is 0.384. The molecule has 34 heavy (non-hydrogen) atoms. The number of halogens is 3. The van der Waals surface area contributed by atoms with Crippen LogP contribution in [0, 0.1) is 5.41 Å². The van der Waals surface area contributed by atoms with Gasteiger partial charge in [0, 0.05) is 24.4 Å². The van der Waals surface area contributed by atoms with E-state index < -0.39 is 11.8 Å². The normalized spacial score (nSPS) is 12.0. The van der Waals surface area contributed by atoms with Crippen LogP contribution in [0.5, 0.6) is 11.8 Å². The number of rotatable bonds is 7. The van der Waals surface area contributed by atoms with Crippen LogP contribution in [0.3, 0.4) is 0 Å². The van der Waals surface area contributed by atoms with Crippen molar-refractivity contribution in [3.63, 3.8) is 0 Å². The summed E-state index contributed by atoms with van der Waals surface area (Å²) in [4.78, 5) is 25.6. The van der Waals surface area contributed by atoms with Crippen molar-refractivity contribution in [3.05, 3.63) is 77.6 Å². The molecule has 176 valence electrons. The zero-order valence-electron chi connectivity index (χ0n) is 18.4. The zero-order valence-corrected chi connectivity index (χ0v) is 18.4. The maximum Gasteiger partial charge on any atom is 0.573 e. The monoisotopic (exact) mass is 470 g/mol. The minimum atomic E-state index is -4.76. The van der Waals surface area contributed by atoms with Gasteiger partial charge in [0.05, 0.1) is 23.8 Å². The number of alkyl halides is 3. The molecule has 2 heterocycles. The number of benzene rings is 2. The summed E-state index contributed by atoms with van der Waals surface area (Å²) in [5.74, 6) is -0.314. The summed E-state index contributed by atoms with van der Waals surface area (Å²) in [5, 5.41) is 0.402. The van der Waals surface area contributed by atoms with Crippen LogP contribution in [0.4, 0.5) is 13.2 Å². The molecule has 0 amide bonds. The van der Waals surface area contributed by atoms with Crippen molar-refractivity contribution < 1.29 is 22.6 Å². The molecule has 2 aromatic heterocycles. The van der Waals surface area contributed by atoms with Crippen LogP contribution in [-0.4, -0.2) is 32.5 Å². The Bertz CT molecular complexity index is 1340. The van der Waals surface area contributed by atoms with E-state index in [-0.39, 0.29) is 23.9 Å². The molecule has 10 heteroatoms. The van der Waals surface area contributed by atoms with E-state index >= 15 is 0 Å². The molecule has 0 radical (unpaired) electrons. The van der Waals surface area contributed by atoms with Gasteiger partial charge in [0.1, 0.15) is 5.75 Å². The van der Waals surface area contributed by atoms with Gasteiger partial charge in [-0.05, 0) is 41.5 Å². The third-order valence-electron chi connectivity index (χ3n) is 4.98. The molecule has 0 unspecified atom stereocenters. The SMILES string of the molecule is CC(C)(COc1ncccn1)Cn1cnc2ccc(-c3ccc(OC(F)(F)F)cc3)cc2c1=O. The second-order valence-electron chi connectivity index (χ2n) is 8.47. The van der Waals surface area contributed by atoms with Gasteiger partial charge < -0.3 is 9.47 Å². The fraction of sp³-hybridized carbons (Fsp3) is 0.250. The number of aromatic nitrogens is 4. The van der Waals surface area contributed by atoms with E-state index in [2.05, 4.69) is 19.7 Å². The lowest BCUT2D eigenvalue weighted by Gasteiger charge is -2.25. The maximum absolute atomic E-state index is 13.2. The molecular weight excluding hydrogens is 449 g/mol.